The molecular weight excluding hydrogens is 378 g/mol. The van der Waals surface area contributed by atoms with Crippen LogP contribution in [0.2, 0.25) is 0 Å². The highest BCUT2D eigenvalue weighted by molar-refractivity contribution is 5.79. The summed E-state index contributed by atoms with van der Waals surface area (Å²) in [5.41, 5.74) is 2.61. The molecular formula is C22H35N7O. The highest BCUT2D eigenvalue weighted by Crippen LogP contribution is 2.14. The lowest BCUT2D eigenvalue weighted by atomic mass is 10.1. The van der Waals surface area contributed by atoms with Gasteiger partial charge in [-0.1, -0.05) is 38.1 Å². The number of benzene rings is 1. The summed E-state index contributed by atoms with van der Waals surface area (Å²) in [5, 5.41) is 15.0. The van der Waals surface area contributed by atoms with Crippen LogP contribution < -0.4 is 10.6 Å². The Bertz CT molecular complexity index is 783. The van der Waals surface area contributed by atoms with E-state index >= 15 is 0 Å². The van der Waals surface area contributed by atoms with Crippen LogP contribution in [-0.2, 0) is 30.8 Å². The smallest absolute Gasteiger partial charge is 0.191 e. The molecule has 1 aliphatic rings. The Morgan fingerprint density at radius 3 is 2.63 bits per heavy atom. The molecule has 8 heteroatoms. The van der Waals surface area contributed by atoms with Crippen LogP contribution in [0.3, 0.4) is 0 Å². The van der Waals surface area contributed by atoms with Gasteiger partial charge in [0.05, 0.1) is 19.8 Å². The molecule has 0 bridgehead atoms. The number of morpholine rings is 1. The van der Waals surface area contributed by atoms with Crippen LogP contribution >= 0.6 is 0 Å². The zero-order valence-electron chi connectivity index (χ0n) is 18.3. The molecule has 8 nitrogen and oxygen atoms in total. The standard InChI is InChI=1S/C22H35N7O/c1-3-9-23-22(24-10-11-29-18-26-27-21(29)4-2)25-16-19-7-5-6-8-20(19)17-28-12-14-30-15-13-28/h5-8,18H,3-4,9-17H2,1-2H3,(H2,23,24,25). The van der Waals surface area contributed by atoms with Gasteiger partial charge in [0.15, 0.2) is 5.96 Å². The molecule has 1 saturated heterocycles. The second-order valence-electron chi connectivity index (χ2n) is 7.47. The first-order valence-electron chi connectivity index (χ1n) is 11.1. The molecule has 3 rings (SSSR count). The Balaban J connectivity index is 1.59. The summed E-state index contributed by atoms with van der Waals surface area (Å²) < 4.78 is 7.56. The number of aliphatic imine (C=N–C) groups is 1. The molecule has 1 aliphatic heterocycles. The van der Waals surface area contributed by atoms with E-state index in [9.17, 15) is 0 Å². The quantitative estimate of drug-likeness (QED) is 0.457. The van der Waals surface area contributed by atoms with Crippen molar-refractivity contribution >= 4 is 5.96 Å². The summed E-state index contributed by atoms with van der Waals surface area (Å²) >= 11 is 0. The first kappa shape index (κ1) is 22.2. The minimum absolute atomic E-state index is 0.659. The van der Waals surface area contributed by atoms with Crippen LogP contribution in [0.15, 0.2) is 35.6 Å². The molecule has 2 aromatic rings. The van der Waals surface area contributed by atoms with Gasteiger partial charge in [-0.25, -0.2) is 4.99 Å². The molecule has 0 atom stereocenters. The van der Waals surface area contributed by atoms with Gasteiger partial charge < -0.3 is 19.9 Å². The van der Waals surface area contributed by atoms with Crippen molar-refractivity contribution in [1.82, 2.24) is 30.3 Å². The minimum atomic E-state index is 0.659. The van der Waals surface area contributed by atoms with E-state index < -0.39 is 0 Å². The van der Waals surface area contributed by atoms with Crippen molar-refractivity contribution in [3.63, 3.8) is 0 Å². The van der Waals surface area contributed by atoms with Crippen molar-refractivity contribution in [2.24, 2.45) is 4.99 Å². The van der Waals surface area contributed by atoms with Gasteiger partial charge in [-0.3, -0.25) is 4.90 Å². The van der Waals surface area contributed by atoms with Crippen molar-refractivity contribution in [1.29, 1.82) is 0 Å². The number of nitrogens with one attached hydrogen (secondary N) is 2. The van der Waals surface area contributed by atoms with Crippen LogP contribution in [-0.4, -0.2) is 65.0 Å². The van der Waals surface area contributed by atoms with Gasteiger partial charge in [0.2, 0.25) is 0 Å². The van der Waals surface area contributed by atoms with E-state index in [0.29, 0.717) is 6.54 Å². The van der Waals surface area contributed by atoms with Gasteiger partial charge in [-0.05, 0) is 17.5 Å². The van der Waals surface area contributed by atoms with Gasteiger partial charge in [0, 0.05) is 45.7 Å². The normalized spacial score (nSPS) is 15.3. The number of guanidine groups is 1. The van der Waals surface area contributed by atoms with E-state index in [0.717, 1.165) is 77.1 Å². The van der Waals surface area contributed by atoms with Crippen molar-refractivity contribution in [3.8, 4) is 0 Å². The van der Waals surface area contributed by atoms with E-state index in [-0.39, 0.29) is 0 Å². The van der Waals surface area contributed by atoms with Gasteiger partial charge in [0.1, 0.15) is 12.2 Å². The summed E-state index contributed by atoms with van der Waals surface area (Å²) in [5.74, 6) is 1.86. The van der Waals surface area contributed by atoms with E-state index in [2.05, 4.69) is 68.4 Å². The van der Waals surface area contributed by atoms with Crippen molar-refractivity contribution in [3.05, 3.63) is 47.5 Å². The fraction of sp³-hybridized carbons (Fsp3) is 0.591. The molecule has 30 heavy (non-hydrogen) atoms. The number of hydrogen-bond donors (Lipinski definition) is 2. The number of aromatic nitrogens is 3. The third-order valence-corrected chi connectivity index (χ3v) is 5.22. The summed E-state index contributed by atoms with van der Waals surface area (Å²) in [6.45, 7) is 12.0. The number of aryl methyl sites for hydroxylation is 1. The molecule has 1 aromatic heterocycles. The average molecular weight is 414 g/mol. The number of rotatable bonds is 10. The zero-order valence-corrected chi connectivity index (χ0v) is 18.3. The van der Waals surface area contributed by atoms with Crippen LogP contribution in [0.25, 0.3) is 0 Å². The lowest BCUT2D eigenvalue weighted by Gasteiger charge is -2.27. The van der Waals surface area contributed by atoms with E-state index in [1.165, 1.54) is 11.1 Å². The van der Waals surface area contributed by atoms with Gasteiger partial charge in [-0.2, -0.15) is 0 Å². The summed E-state index contributed by atoms with van der Waals surface area (Å²) in [6.07, 6.45) is 3.73. The van der Waals surface area contributed by atoms with E-state index in [1.807, 2.05) is 0 Å². The monoisotopic (exact) mass is 413 g/mol. The number of ether oxygens (including phenoxy) is 1. The number of hydrogen-bond acceptors (Lipinski definition) is 5. The molecule has 1 fully saturated rings. The first-order chi connectivity index (χ1) is 14.8. The molecule has 0 radical (unpaired) electrons. The molecule has 164 valence electrons. The van der Waals surface area contributed by atoms with Crippen molar-refractivity contribution in [2.45, 2.75) is 46.3 Å². The fourth-order valence-electron chi connectivity index (χ4n) is 3.48. The maximum atomic E-state index is 5.47. The summed E-state index contributed by atoms with van der Waals surface area (Å²) in [6, 6.07) is 8.60. The molecule has 0 unspecified atom stereocenters. The summed E-state index contributed by atoms with van der Waals surface area (Å²) in [7, 11) is 0. The van der Waals surface area contributed by atoms with Gasteiger partial charge in [-0.15, -0.1) is 10.2 Å². The van der Waals surface area contributed by atoms with Crippen LogP contribution in [0.1, 0.15) is 37.2 Å². The SMILES string of the molecule is CCCNC(=NCc1ccccc1CN1CCOCC1)NCCn1cnnc1CC. The fourth-order valence-corrected chi connectivity index (χ4v) is 3.48. The molecule has 0 saturated carbocycles. The Morgan fingerprint density at radius 2 is 1.87 bits per heavy atom. The lowest BCUT2D eigenvalue weighted by Crippen LogP contribution is -2.39. The molecule has 0 aliphatic carbocycles. The van der Waals surface area contributed by atoms with Crippen molar-refractivity contribution in [2.75, 3.05) is 39.4 Å². The topological polar surface area (TPSA) is 79.6 Å². The zero-order chi connectivity index (χ0) is 21.0. The minimum Gasteiger partial charge on any atom is -0.379 e. The van der Waals surface area contributed by atoms with Crippen LogP contribution in [0, 0.1) is 0 Å². The first-order valence-corrected chi connectivity index (χ1v) is 11.1. The lowest BCUT2D eigenvalue weighted by molar-refractivity contribution is 0.0341. The van der Waals surface area contributed by atoms with E-state index in [4.69, 9.17) is 9.73 Å². The predicted octanol–water partition coefficient (Wildman–Crippen LogP) is 1.82. The molecule has 2 N–H and O–H groups in total. The Morgan fingerprint density at radius 1 is 1.10 bits per heavy atom. The highest BCUT2D eigenvalue weighted by atomic mass is 16.5. The second kappa shape index (κ2) is 12.3. The second-order valence-corrected chi connectivity index (χ2v) is 7.47. The molecule has 0 spiro atoms. The Kier molecular flexibility index (Phi) is 9.11. The maximum Gasteiger partial charge on any atom is 0.191 e. The van der Waals surface area contributed by atoms with Gasteiger partial charge >= 0.3 is 0 Å². The highest BCUT2D eigenvalue weighted by Gasteiger charge is 2.12. The number of nitrogens with zero attached hydrogens (tertiary/aromatic N) is 5. The molecule has 1 aromatic carbocycles. The van der Waals surface area contributed by atoms with Crippen LogP contribution in [0.5, 0.6) is 0 Å². The largest absolute Gasteiger partial charge is 0.379 e. The van der Waals surface area contributed by atoms with Crippen LogP contribution in [0.4, 0.5) is 0 Å². The third kappa shape index (κ3) is 6.81. The average Bonchev–Trinajstić information content (AvgIpc) is 3.24. The van der Waals surface area contributed by atoms with E-state index in [1.54, 1.807) is 6.33 Å². The Labute approximate surface area is 179 Å². The molecule has 0 amide bonds. The van der Waals surface area contributed by atoms with Crippen molar-refractivity contribution < 1.29 is 4.74 Å². The summed E-state index contributed by atoms with van der Waals surface area (Å²) in [4.78, 5) is 7.31. The van der Waals surface area contributed by atoms with Gasteiger partial charge in [0.25, 0.3) is 0 Å². The maximum absolute atomic E-state index is 5.47. The Hall–Kier alpha value is -2.45. The molecule has 2 heterocycles. The predicted molar refractivity (Wildman–Crippen MR) is 119 cm³/mol. The third-order valence-electron chi connectivity index (χ3n) is 5.22.